The number of pyridine rings is 1. The summed E-state index contributed by atoms with van der Waals surface area (Å²) in [5.74, 6) is 1.02. The summed E-state index contributed by atoms with van der Waals surface area (Å²) in [4.78, 5) is 24.6. The minimum absolute atomic E-state index is 0.118. The zero-order valence-corrected chi connectivity index (χ0v) is 10.9. The number of carbonyl (C=O) groups is 1. The summed E-state index contributed by atoms with van der Waals surface area (Å²) in [6.45, 7) is 0.659. The Morgan fingerprint density at radius 1 is 1.68 bits per heavy atom. The molecule has 0 saturated carbocycles. The summed E-state index contributed by atoms with van der Waals surface area (Å²) in [7, 11) is 0. The fourth-order valence-corrected chi connectivity index (χ4v) is 3.15. The van der Waals surface area contributed by atoms with Crippen LogP contribution in [0.25, 0.3) is 0 Å². The SMILES string of the molecule is O=C(O)c1cc([N+](=O)[O-])ncc1NCC1CCSC1. The van der Waals surface area contributed by atoms with Crippen LogP contribution in [0.5, 0.6) is 0 Å². The van der Waals surface area contributed by atoms with Crippen molar-refractivity contribution >= 4 is 29.2 Å². The number of nitrogens with one attached hydrogen (secondary N) is 1. The number of carboxylic acid groups (broad SMARTS) is 1. The van der Waals surface area contributed by atoms with Gasteiger partial charge in [0.05, 0.1) is 17.3 Å². The monoisotopic (exact) mass is 283 g/mol. The van der Waals surface area contributed by atoms with Crippen LogP contribution in [0.1, 0.15) is 16.8 Å². The van der Waals surface area contributed by atoms with E-state index in [0.29, 0.717) is 18.2 Å². The number of carboxylic acids is 1. The molecule has 1 unspecified atom stereocenters. The first-order valence-corrected chi connectivity index (χ1v) is 6.92. The zero-order valence-electron chi connectivity index (χ0n) is 10.0. The second kappa shape index (κ2) is 5.87. The Bertz CT molecular complexity index is 503. The molecule has 1 aliphatic rings. The summed E-state index contributed by atoms with van der Waals surface area (Å²) in [5, 5.41) is 22.7. The van der Waals surface area contributed by atoms with Crippen LogP contribution < -0.4 is 5.32 Å². The fraction of sp³-hybridized carbons (Fsp3) is 0.455. The lowest BCUT2D eigenvalue weighted by atomic mass is 10.1. The van der Waals surface area contributed by atoms with Crippen molar-refractivity contribution in [1.29, 1.82) is 0 Å². The van der Waals surface area contributed by atoms with Gasteiger partial charge in [-0.3, -0.25) is 0 Å². The van der Waals surface area contributed by atoms with Crippen LogP contribution in [-0.2, 0) is 0 Å². The lowest BCUT2D eigenvalue weighted by Crippen LogP contribution is -2.16. The maximum Gasteiger partial charge on any atom is 0.364 e. The van der Waals surface area contributed by atoms with Crippen LogP contribution in [0.15, 0.2) is 12.3 Å². The molecule has 0 spiro atoms. The zero-order chi connectivity index (χ0) is 13.8. The summed E-state index contributed by atoms with van der Waals surface area (Å²) in [5.41, 5.74) is 0.211. The number of thioether (sulfide) groups is 1. The molecule has 0 amide bonds. The van der Waals surface area contributed by atoms with E-state index in [9.17, 15) is 14.9 Å². The molecule has 1 atom stereocenters. The quantitative estimate of drug-likeness (QED) is 0.627. The van der Waals surface area contributed by atoms with Crippen molar-refractivity contribution in [3.05, 3.63) is 27.9 Å². The largest absolute Gasteiger partial charge is 0.478 e. The van der Waals surface area contributed by atoms with Gasteiger partial charge in [-0.2, -0.15) is 11.8 Å². The van der Waals surface area contributed by atoms with Crippen molar-refractivity contribution in [2.24, 2.45) is 5.92 Å². The molecule has 1 fully saturated rings. The Balaban J connectivity index is 2.14. The van der Waals surface area contributed by atoms with Crippen LogP contribution in [-0.4, -0.2) is 39.0 Å². The molecule has 2 heterocycles. The first-order valence-electron chi connectivity index (χ1n) is 5.77. The molecule has 1 aliphatic heterocycles. The maximum atomic E-state index is 11.1. The van der Waals surface area contributed by atoms with Crippen molar-refractivity contribution in [1.82, 2.24) is 4.98 Å². The minimum atomic E-state index is -1.20. The normalized spacial score (nSPS) is 18.2. The number of hydrogen-bond acceptors (Lipinski definition) is 6. The van der Waals surface area contributed by atoms with E-state index in [1.807, 2.05) is 11.8 Å². The molecule has 19 heavy (non-hydrogen) atoms. The Morgan fingerprint density at radius 3 is 3.05 bits per heavy atom. The van der Waals surface area contributed by atoms with E-state index in [-0.39, 0.29) is 5.56 Å². The number of anilines is 1. The second-order valence-electron chi connectivity index (χ2n) is 4.26. The number of nitro groups is 1. The fourth-order valence-electron chi connectivity index (χ4n) is 1.86. The molecular weight excluding hydrogens is 270 g/mol. The number of rotatable bonds is 5. The summed E-state index contributed by atoms with van der Waals surface area (Å²) < 4.78 is 0. The van der Waals surface area contributed by atoms with E-state index in [1.165, 1.54) is 6.20 Å². The highest BCUT2D eigenvalue weighted by Crippen LogP contribution is 2.25. The van der Waals surface area contributed by atoms with E-state index in [1.54, 1.807) is 0 Å². The maximum absolute atomic E-state index is 11.1. The van der Waals surface area contributed by atoms with Gasteiger partial charge in [0.2, 0.25) is 0 Å². The molecule has 2 rings (SSSR count). The van der Waals surface area contributed by atoms with Gasteiger partial charge in [0.25, 0.3) is 0 Å². The summed E-state index contributed by atoms with van der Waals surface area (Å²) in [6, 6.07) is 0.980. The number of nitrogens with zero attached hydrogens (tertiary/aromatic N) is 2. The first-order chi connectivity index (χ1) is 9.08. The Morgan fingerprint density at radius 2 is 2.47 bits per heavy atom. The van der Waals surface area contributed by atoms with Crippen LogP contribution >= 0.6 is 11.8 Å². The standard InChI is InChI=1S/C11H13N3O4S/c15-11(16)8-3-10(14(17)18)13-5-9(8)12-4-7-1-2-19-6-7/h3,5,7,12H,1-2,4,6H2,(H,15,16). The average molecular weight is 283 g/mol. The molecule has 1 aromatic rings. The van der Waals surface area contributed by atoms with E-state index in [0.717, 1.165) is 24.0 Å². The van der Waals surface area contributed by atoms with Gasteiger partial charge in [-0.15, -0.1) is 0 Å². The van der Waals surface area contributed by atoms with Gasteiger partial charge in [0, 0.05) is 6.54 Å². The summed E-state index contributed by atoms with van der Waals surface area (Å²) in [6.07, 6.45) is 2.31. The smallest absolute Gasteiger partial charge is 0.364 e. The van der Waals surface area contributed by atoms with E-state index < -0.39 is 16.7 Å². The van der Waals surface area contributed by atoms with Crippen LogP contribution in [0.3, 0.4) is 0 Å². The minimum Gasteiger partial charge on any atom is -0.478 e. The third-order valence-electron chi connectivity index (χ3n) is 2.91. The molecule has 2 N–H and O–H groups in total. The lowest BCUT2D eigenvalue weighted by molar-refractivity contribution is -0.389. The van der Waals surface area contributed by atoms with Gasteiger partial charge < -0.3 is 20.5 Å². The van der Waals surface area contributed by atoms with Gasteiger partial charge in [0.15, 0.2) is 6.20 Å². The third-order valence-corrected chi connectivity index (χ3v) is 4.14. The van der Waals surface area contributed by atoms with Crippen LogP contribution in [0.4, 0.5) is 11.5 Å². The molecule has 7 nitrogen and oxygen atoms in total. The van der Waals surface area contributed by atoms with E-state index in [4.69, 9.17) is 5.11 Å². The highest BCUT2D eigenvalue weighted by Gasteiger charge is 2.20. The number of aromatic nitrogens is 1. The highest BCUT2D eigenvalue weighted by atomic mass is 32.2. The molecule has 0 radical (unpaired) electrons. The second-order valence-corrected chi connectivity index (χ2v) is 5.41. The van der Waals surface area contributed by atoms with E-state index in [2.05, 4.69) is 10.3 Å². The molecule has 1 saturated heterocycles. The summed E-state index contributed by atoms with van der Waals surface area (Å²) >= 11 is 1.87. The van der Waals surface area contributed by atoms with Gasteiger partial charge in [-0.1, -0.05) is 0 Å². The molecule has 0 bridgehead atoms. The molecule has 8 heteroatoms. The predicted molar refractivity (Wildman–Crippen MR) is 71.8 cm³/mol. The molecule has 1 aromatic heterocycles. The number of aromatic carboxylic acids is 1. The molecule has 102 valence electrons. The predicted octanol–water partition coefficient (Wildman–Crippen LogP) is 1.85. The number of hydrogen-bond donors (Lipinski definition) is 2. The third kappa shape index (κ3) is 3.34. The topological polar surface area (TPSA) is 105 Å². The Kier molecular flexibility index (Phi) is 4.20. The highest BCUT2D eigenvalue weighted by molar-refractivity contribution is 7.99. The Hall–Kier alpha value is -1.83. The van der Waals surface area contributed by atoms with Crippen molar-refractivity contribution < 1.29 is 14.8 Å². The van der Waals surface area contributed by atoms with Crippen molar-refractivity contribution in [2.45, 2.75) is 6.42 Å². The van der Waals surface area contributed by atoms with Crippen molar-refractivity contribution in [3.63, 3.8) is 0 Å². The molecule has 0 aromatic carbocycles. The van der Waals surface area contributed by atoms with E-state index >= 15 is 0 Å². The van der Waals surface area contributed by atoms with Crippen LogP contribution in [0, 0.1) is 16.0 Å². The Labute approximate surface area is 113 Å². The van der Waals surface area contributed by atoms with Gasteiger partial charge in [0.1, 0.15) is 0 Å². The van der Waals surface area contributed by atoms with Gasteiger partial charge >= 0.3 is 11.8 Å². The first kappa shape index (κ1) is 13.6. The van der Waals surface area contributed by atoms with Crippen molar-refractivity contribution in [3.8, 4) is 0 Å². The lowest BCUT2D eigenvalue weighted by Gasteiger charge is -2.11. The van der Waals surface area contributed by atoms with Crippen LogP contribution in [0.2, 0.25) is 0 Å². The van der Waals surface area contributed by atoms with Gasteiger partial charge in [-0.25, -0.2) is 4.79 Å². The molecule has 0 aliphatic carbocycles. The average Bonchev–Trinajstić information content (AvgIpc) is 2.89. The van der Waals surface area contributed by atoms with Gasteiger partial charge in [-0.05, 0) is 33.8 Å². The van der Waals surface area contributed by atoms with Crippen molar-refractivity contribution in [2.75, 3.05) is 23.4 Å². The molecular formula is C11H13N3O4S.